The molecule has 0 saturated heterocycles. The Morgan fingerprint density at radius 1 is 1.42 bits per heavy atom. The third-order valence-electron chi connectivity index (χ3n) is 5.06. The highest BCUT2D eigenvalue weighted by atomic mass is 32.1. The number of aromatic nitrogens is 2. The second-order valence-electron chi connectivity index (χ2n) is 6.80. The third kappa shape index (κ3) is 3.31. The minimum atomic E-state index is -0.245. The van der Waals surface area contributed by atoms with Gasteiger partial charge >= 0.3 is 0 Å². The molecule has 0 amide bonds. The highest BCUT2D eigenvalue weighted by molar-refractivity contribution is 7.18. The summed E-state index contributed by atoms with van der Waals surface area (Å²) in [5.74, 6) is -0.245. The first-order valence-electron chi connectivity index (χ1n) is 9.13. The molecule has 0 saturated carbocycles. The molecule has 1 N–H and O–H groups in total. The van der Waals surface area contributed by atoms with Gasteiger partial charge in [0.15, 0.2) is 0 Å². The number of nitrogens with one attached hydrogen (secondary N) is 1. The van der Waals surface area contributed by atoms with E-state index in [0.717, 1.165) is 41.6 Å². The first-order chi connectivity index (χ1) is 12.7. The summed E-state index contributed by atoms with van der Waals surface area (Å²) in [5.41, 5.74) is 2.11. The number of aryl methyl sites for hydroxylation is 3. The molecule has 3 aromatic rings. The molecule has 136 valence electrons. The largest absolute Gasteiger partial charge is 0.314 e. The SMILES string of the molecule is CCN[C@H]1CCc2c(sc3ncn(CCc4cccc(F)c4)c(=O)c23)C1. The summed E-state index contributed by atoms with van der Waals surface area (Å²) in [6.45, 7) is 3.60. The predicted octanol–water partition coefficient (Wildman–Crippen LogP) is 3.31. The van der Waals surface area contributed by atoms with Crippen LogP contribution in [0.2, 0.25) is 0 Å². The van der Waals surface area contributed by atoms with Crippen LogP contribution in [0.15, 0.2) is 35.4 Å². The molecule has 0 bridgehead atoms. The van der Waals surface area contributed by atoms with E-state index >= 15 is 0 Å². The molecule has 1 atom stereocenters. The third-order valence-corrected chi connectivity index (χ3v) is 6.22. The molecule has 26 heavy (non-hydrogen) atoms. The zero-order valence-electron chi connectivity index (χ0n) is 14.8. The normalized spacial score (nSPS) is 16.8. The Kier molecular flexibility index (Phi) is 4.87. The van der Waals surface area contributed by atoms with Crippen molar-refractivity contribution in [2.75, 3.05) is 6.54 Å². The molecular formula is C20H22FN3OS. The number of thiophene rings is 1. The number of halogens is 1. The van der Waals surface area contributed by atoms with E-state index in [1.54, 1.807) is 28.3 Å². The van der Waals surface area contributed by atoms with Crippen molar-refractivity contribution < 1.29 is 4.39 Å². The molecule has 1 aromatic carbocycles. The van der Waals surface area contributed by atoms with Gasteiger partial charge in [0.1, 0.15) is 10.6 Å². The molecule has 6 heteroatoms. The van der Waals surface area contributed by atoms with E-state index in [4.69, 9.17) is 0 Å². The fourth-order valence-electron chi connectivity index (χ4n) is 3.77. The number of hydrogen-bond donors (Lipinski definition) is 1. The van der Waals surface area contributed by atoms with E-state index in [1.807, 2.05) is 6.07 Å². The van der Waals surface area contributed by atoms with E-state index < -0.39 is 0 Å². The lowest BCUT2D eigenvalue weighted by Gasteiger charge is -2.22. The van der Waals surface area contributed by atoms with Gasteiger partial charge in [-0.05, 0) is 55.5 Å². The topological polar surface area (TPSA) is 46.9 Å². The van der Waals surface area contributed by atoms with Gasteiger partial charge in [0.2, 0.25) is 0 Å². The Labute approximate surface area is 155 Å². The highest BCUT2D eigenvalue weighted by Crippen LogP contribution is 2.33. The molecule has 0 radical (unpaired) electrons. The van der Waals surface area contributed by atoms with Crippen LogP contribution in [-0.2, 0) is 25.8 Å². The van der Waals surface area contributed by atoms with Gasteiger partial charge in [-0.25, -0.2) is 9.37 Å². The first kappa shape index (κ1) is 17.4. The van der Waals surface area contributed by atoms with Crippen molar-refractivity contribution in [2.24, 2.45) is 0 Å². The van der Waals surface area contributed by atoms with Gasteiger partial charge in [0.25, 0.3) is 5.56 Å². The number of fused-ring (bicyclic) bond motifs is 3. The van der Waals surface area contributed by atoms with Crippen LogP contribution in [0.3, 0.4) is 0 Å². The Morgan fingerprint density at radius 2 is 2.31 bits per heavy atom. The maximum absolute atomic E-state index is 13.3. The van der Waals surface area contributed by atoms with Crippen LogP contribution in [-0.4, -0.2) is 22.1 Å². The zero-order valence-corrected chi connectivity index (χ0v) is 15.6. The molecule has 1 aliphatic carbocycles. The average molecular weight is 371 g/mol. The predicted molar refractivity (Wildman–Crippen MR) is 103 cm³/mol. The van der Waals surface area contributed by atoms with Gasteiger partial charge in [-0.15, -0.1) is 11.3 Å². The lowest BCUT2D eigenvalue weighted by atomic mass is 9.93. The average Bonchev–Trinajstić information content (AvgIpc) is 3.00. The second kappa shape index (κ2) is 7.29. The Morgan fingerprint density at radius 3 is 3.12 bits per heavy atom. The molecule has 0 aliphatic heterocycles. The van der Waals surface area contributed by atoms with Gasteiger partial charge in [0.05, 0.1) is 11.7 Å². The summed E-state index contributed by atoms with van der Waals surface area (Å²) in [7, 11) is 0. The fourth-order valence-corrected chi connectivity index (χ4v) is 5.02. The molecule has 2 heterocycles. The standard InChI is InChI=1S/C20H22FN3OS/c1-2-22-15-6-7-16-17(11-15)26-19-18(16)20(25)24(12-23-19)9-8-13-4-3-5-14(21)10-13/h3-5,10,12,15,22H,2,6-9,11H2,1H3/t15-/m0/s1. The van der Waals surface area contributed by atoms with Crippen molar-refractivity contribution in [1.82, 2.24) is 14.9 Å². The molecular weight excluding hydrogens is 349 g/mol. The molecule has 0 unspecified atom stereocenters. The summed E-state index contributed by atoms with van der Waals surface area (Å²) >= 11 is 1.65. The second-order valence-corrected chi connectivity index (χ2v) is 7.89. The van der Waals surface area contributed by atoms with Crippen LogP contribution < -0.4 is 10.9 Å². The number of likely N-dealkylation sites (N-methyl/N-ethyl adjacent to an activating group) is 1. The first-order valence-corrected chi connectivity index (χ1v) is 9.95. The zero-order chi connectivity index (χ0) is 18.1. The smallest absolute Gasteiger partial charge is 0.262 e. The minimum Gasteiger partial charge on any atom is -0.314 e. The quantitative estimate of drug-likeness (QED) is 0.749. The maximum atomic E-state index is 13.3. The van der Waals surface area contributed by atoms with E-state index in [0.29, 0.717) is 19.0 Å². The van der Waals surface area contributed by atoms with Crippen molar-refractivity contribution in [1.29, 1.82) is 0 Å². The van der Waals surface area contributed by atoms with Gasteiger partial charge in [-0.2, -0.15) is 0 Å². The van der Waals surface area contributed by atoms with E-state index in [-0.39, 0.29) is 11.4 Å². The molecule has 4 nitrogen and oxygen atoms in total. The number of hydrogen-bond acceptors (Lipinski definition) is 4. The summed E-state index contributed by atoms with van der Waals surface area (Å²) in [4.78, 5) is 19.7. The van der Waals surface area contributed by atoms with Crippen molar-refractivity contribution >= 4 is 21.6 Å². The molecule has 0 spiro atoms. The van der Waals surface area contributed by atoms with Gasteiger partial charge in [0, 0.05) is 17.5 Å². The number of nitrogens with zero attached hydrogens (tertiary/aromatic N) is 2. The summed E-state index contributed by atoms with van der Waals surface area (Å²) in [5, 5.41) is 4.30. The lowest BCUT2D eigenvalue weighted by molar-refractivity contribution is 0.476. The highest BCUT2D eigenvalue weighted by Gasteiger charge is 2.24. The molecule has 1 aliphatic rings. The molecule has 4 rings (SSSR count). The van der Waals surface area contributed by atoms with Crippen molar-refractivity contribution in [3.05, 3.63) is 62.8 Å². The van der Waals surface area contributed by atoms with Crippen molar-refractivity contribution in [2.45, 2.75) is 45.2 Å². The van der Waals surface area contributed by atoms with Crippen LogP contribution in [0.1, 0.15) is 29.3 Å². The Bertz CT molecular complexity index is 994. The van der Waals surface area contributed by atoms with Crippen LogP contribution in [0.25, 0.3) is 10.2 Å². The number of benzene rings is 1. The fraction of sp³-hybridized carbons (Fsp3) is 0.400. The summed E-state index contributed by atoms with van der Waals surface area (Å²) in [6, 6.07) is 7.03. The Hall–Kier alpha value is -2.05. The van der Waals surface area contributed by atoms with Crippen LogP contribution in [0.5, 0.6) is 0 Å². The monoisotopic (exact) mass is 371 g/mol. The maximum Gasteiger partial charge on any atom is 0.262 e. The minimum absolute atomic E-state index is 0.0332. The van der Waals surface area contributed by atoms with Gasteiger partial charge in [-0.1, -0.05) is 19.1 Å². The van der Waals surface area contributed by atoms with Crippen molar-refractivity contribution in [3.8, 4) is 0 Å². The Balaban J connectivity index is 1.62. The number of rotatable bonds is 5. The van der Waals surface area contributed by atoms with Crippen molar-refractivity contribution in [3.63, 3.8) is 0 Å². The summed E-state index contributed by atoms with van der Waals surface area (Å²) < 4.78 is 15.0. The summed E-state index contributed by atoms with van der Waals surface area (Å²) in [6.07, 6.45) is 5.21. The van der Waals surface area contributed by atoms with Gasteiger partial charge < -0.3 is 5.32 Å². The van der Waals surface area contributed by atoms with Crippen LogP contribution >= 0.6 is 11.3 Å². The van der Waals surface area contributed by atoms with Crippen LogP contribution in [0, 0.1) is 5.82 Å². The van der Waals surface area contributed by atoms with E-state index in [9.17, 15) is 9.18 Å². The molecule has 0 fully saturated rings. The lowest BCUT2D eigenvalue weighted by Crippen LogP contribution is -2.34. The van der Waals surface area contributed by atoms with Crippen LogP contribution in [0.4, 0.5) is 4.39 Å². The molecule has 2 aromatic heterocycles. The van der Waals surface area contributed by atoms with Gasteiger partial charge in [-0.3, -0.25) is 9.36 Å². The van der Waals surface area contributed by atoms with E-state index in [1.165, 1.54) is 22.6 Å². The van der Waals surface area contributed by atoms with E-state index in [2.05, 4.69) is 17.2 Å².